The van der Waals surface area contributed by atoms with Crippen molar-refractivity contribution < 1.29 is 14.3 Å². The Labute approximate surface area is 191 Å². The second-order valence-electron chi connectivity index (χ2n) is 9.99. The molecule has 1 unspecified atom stereocenters. The van der Waals surface area contributed by atoms with Gasteiger partial charge in [-0.05, 0) is 31.6 Å². The van der Waals surface area contributed by atoms with Gasteiger partial charge in [0, 0.05) is 13.0 Å². The highest BCUT2D eigenvalue weighted by molar-refractivity contribution is 5.85. The Morgan fingerprint density at radius 1 is 0.774 bits per heavy atom. The number of unbranched alkanes of at least 4 members (excludes halogenated alkanes) is 11. The van der Waals surface area contributed by atoms with Crippen molar-refractivity contribution in [1.82, 2.24) is 4.90 Å². The molecule has 0 aromatic carbocycles. The van der Waals surface area contributed by atoms with Gasteiger partial charge in [0.25, 0.3) is 0 Å². The van der Waals surface area contributed by atoms with Crippen molar-refractivity contribution in [1.29, 1.82) is 0 Å². The first kappa shape index (κ1) is 26.2. The molecule has 0 radical (unpaired) electrons. The predicted molar refractivity (Wildman–Crippen MR) is 128 cm³/mol. The van der Waals surface area contributed by atoms with Gasteiger partial charge in [0.1, 0.15) is 6.04 Å². The summed E-state index contributed by atoms with van der Waals surface area (Å²) in [6.45, 7) is 3.50. The lowest BCUT2D eigenvalue weighted by Gasteiger charge is -2.24. The Bertz CT molecular complexity index is 487. The molecule has 180 valence electrons. The number of nitrogens with zero attached hydrogens (tertiary/aromatic N) is 1. The summed E-state index contributed by atoms with van der Waals surface area (Å²) in [5.41, 5.74) is 0. The Balaban J connectivity index is 1.45. The van der Waals surface area contributed by atoms with Crippen LogP contribution >= 0.6 is 0 Å². The Morgan fingerprint density at radius 3 is 1.97 bits per heavy atom. The molecule has 1 aliphatic carbocycles. The molecule has 1 heterocycles. The molecule has 1 saturated carbocycles. The van der Waals surface area contributed by atoms with Gasteiger partial charge in [0.05, 0.1) is 6.61 Å². The van der Waals surface area contributed by atoms with Crippen molar-refractivity contribution in [2.45, 2.75) is 141 Å². The summed E-state index contributed by atoms with van der Waals surface area (Å²) in [6, 6.07) is -0.326. The molecule has 31 heavy (non-hydrogen) atoms. The molecule has 0 bridgehead atoms. The van der Waals surface area contributed by atoms with Crippen LogP contribution in [0.3, 0.4) is 0 Å². The summed E-state index contributed by atoms with van der Waals surface area (Å²) < 4.78 is 5.54. The number of amides is 1. The van der Waals surface area contributed by atoms with Gasteiger partial charge in [-0.2, -0.15) is 0 Å². The molecule has 1 saturated heterocycles. The number of likely N-dealkylation sites (tertiary alicyclic amines) is 1. The van der Waals surface area contributed by atoms with Crippen molar-refractivity contribution in [3.8, 4) is 0 Å². The zero-order valence-electron chi connectivity index (χ0n) is 20.4. The lowest BCUT2D eigenvalue weighted by atomic mass is 10.0. The smallest absolute Gasteiger partial charge is 0.328 e. The lowest BCUT2D eigenvalue weighted by molar-refractivity contribution is -0.153. The van der Waals surface area contributed by atoms with E-state index in [9.17, 15) is 9.59 Å². The molecule has 4 heteroatoms. The van der Waals surface area contributed by atoms with Crippen molar-refractivity contribution in [2.24, 2.45) is 5.92 Å². The predicted octanol–water partition coefficient (Wildman–Crippen LogP) is 7.19. The maximum absolute atomic E-state index is 12.6. The van der Waals surface area contributed by atoms with Gasteiger partial charge in [0.2, 0.25) is 5.91 Å². The van der Waals surface area contributed by atoms with Crippen molar-refractivity contribution in [2.75, 3.05) is 13.2 Å². The number of carbonyl (C=O) groups excluding carboxylic acids is 2. The topological polar surface area (TPSA) is 46.6 Å². The Morgan fingerprint density at radius 2 is 1.35 bits per heavy atom. The van der Waals surface area contributed by atoms with Crippen LogP contribution in [0.15, 0.2) is 0 Å². The van der Waals surface area contributed by atoms with Gasteiger partial charge in [-0.15, -0.1) is 0 Å². The third kappa shape index (κ3) is 10.9. The van der Waals surface area contributed by atoms with E-state index in [4.69, 9.17) is 4.74 Å². The largest absolute Gasteiger partial charge is 0.464 e. The van der Waals surface area contributed by atoms with E-state index in [0.29, 0.717) is 13.0 Å². The highest BCUT2D eigenvalue weighted by atomic mass is 16.5. The SMILES string of the molecule is CCCCCCCCCCCCCCOC(=O)C1CCCN1C(=O)CCC1CCCC1. The van der Waals surface area contributed by atoms with Crippen LogP contribution in [0, 0.1) is 5.92 Å². The van der Waals surface area contributed by atoms with E-state index in [1.807, 2.05) is 0 Å². The number of hydrogen-bond acceptors (Lipinski definition) is 3. The van der Waals surface area contributed by atoms with E-state index in [-0.39, 0.29) is 17.9 Å². The summed E-state index contributed by atoms with van der Waals surface area (Å²) in [5, 5.41) is 0. The molecule has 0 spiro atoms. The molecule has 1 atom stereocenters. The first-order valence-corrected chi connectivity index (χ1v) is 13.7. The zero-order chi connectivity index (χ0) is 22.2. The fourth-order valence-electron chi connectivity index (χ4n) is 5.29. The van der Waals surface area contributed by atoms with Crippen LogP contribution in [0.4, 0.5) is 0 Å². The van der Waals surface area contributed by atoms with E-state index in [1.54, 1.807) is 4.90 Å². The average molecular weight is 436 g/mol. The van der Waals surface area contributed by atoms with Crippen LogP contribution in [0.25, 0.3) is 0 Å². The zero-order valence-corrected chi connectivity index (χ0v) is 20.4. The second-order valence-corrected chi connectivity index (χ2v) is 9.99. The minimum absolute atomic E-state index is 0.164. The molecule has 1 amide bonds. The van der Waals surface area contributed by atoms with Crippen LogP contribution in [-0.4, -0.2) is 36.0 Å². The highest BCUT2D eigenvalue weighted by Crippen LogP contribution is 2.29. The third-order valence-electron chi connectivity index (χ3n) is 7.33. The summed E-state index contributed by atoms with van der Waals surface area (Å²) >= 11 is 0. The molecule has 4 nitrogen and oxygen atoms in total. The van der Waals surface area contributed by atoms with Gasteiger partial charge in [0.15, 0.2) is 0 Å². The van der Waals surface area contributed by atoms with Gasteiger partial charge in [-0.3, -0.25) is 4.79 Å². The molecule has 1 aliphatic heterocycles. The minimum atomic E-state index is -0.326. The fraction of sp³-hybridized carbons (Fsp3) is 0.926. The van der Waals surface area contributed by atoms with Gasteiger partial charge in [-0.25, -0.2) is 4.79 Å². The monoisotopic (exact) mass is 435 g/mol. The number of rotatable bonds is 17. The summed E-state index contributed by atoms with van der Waals surface area (Å²) in [5.74, 6) is 0.717. The van der Waals surface area contributed by atoms with E-state index in [1.165, 1.54) is 89.9 Å². The van der Waals surface area contributed by atoms with Crippen LogP contribution < -0.4 is 0 Å². The molecule has 2 fully saturated rings. The van der Waals surface area contributed by atoms with Gasteiger partial charge >= 0.3 is 5.97 Å². The van der Waals surface area contributed by atoms with Gasteiger partial charge < -0.3 is 9.64 Å². The normalized spacial score (nSPS) is 19.3. The van der Waals surface area contributed by atoms with E-state index >= 15 is 0 Å². The minimum Gasteiger partial charge on any atom is -0.464 e. The van der Waals surface area contributed by atoms with Crippen LogP contribution in [-0.2, 0) is 14.3 Å². The molecule has 0 aromatic heterocycles. The summed E-state index contributed by atoms with van der Waals surface area (Å²) in [4.78, 5) is 26.9. The highest BCUT2D eigenvalue weighted by Gasteiger charge is 2.35. The second kappa shape index (κ2) is 16.6. The molecular formula is C27H49NO3. The van der Waals surface area contributed by atoms with Gasteiger partial charge in [-0.1, -0.05) is 103 Å². The molecule has 2 rings (SSSR count). The lowest BCUT2D eigenvalue weighted by Crippen LogP contribution is -2.41. The number of hydrogen-bond donors (Lipinski definition) is 0. The first-order valence-electron chi connectivity index (χ1n) is 13.7. The number of ether oxygens (including phenoxy) is 1. The Kier molecular flexibility index (Phi) is 14.0. The van der Waals surface area contributed by atoms with Crippen LogP contribution in [0.2, 0.25) is 0 Å². The van der Waals surface area contributed by atoms with Crippen LogP contribution in [0.1, 0.15) is 135 Å². The van der Waals surface area contributed by atoms with Crippen molar-refractivity contribution in [3.05, 3.63) is 0 Å². The summed E-state index contributed by atoms with van der Waals surface area (Å²) in [6.07, 6.45) is 24.1. The standard InChI is InChI=1S/C27H49NO3/c1-2-3-4-5-6-7-8-9-10-11-12-15-23-31-27(30)25-19-16-22-28(25)26(29)21-20-24-17-13-14-18-24/h24-25H,2-23H2,1H3. The van der Waals surface area contributed by atoms with Crippen molar-refractivity contribution >= 4 is 11.9 Å². The molecule has 0 N–H and O–H groups in total. The van der Waals surface area contributed by atoms with E-state index in [0.717, 1.165) is 44.6 Å². The first-order chi connectivity index (χ1) is 15.2. The van der Waals surface area contributed by atoms with Crippen LogP contribution in [0.5, 0.6) is 0 Å². The fourth-order valence-corrected chi connectivity index (χ4v) is 5.29. The third-order valence-corrected chi connectivity index (χ3v) is 7.33. The quantitative estimate of drug-likeness (QED) is 0.179. The van der Waals surface area contributed by atoms with E-state index < -0.39 is 0 Å². The molecular weight excluding hydrogens is 386 g/mol. The maximum atomic E-state index is 12.6. The average Bonchev–Trinajstić information content (AvgIpc) is 3.47. The number of carbonyl (C=O) groups is 2. The van der Waals surface area contributed by atoms with E-state index in [2.05, 4.69) is 6.92 Å². The Hall–Kier alpha value is -1.06. The maximum Gasteiger partial charge on any atom is 0.328 e. The van der Waals surface area contributed by atoms with Crippen molar-refractivity contribution in [3.63, 3.8) is 0 Å². The molecule has 2 aliphatic rings. The molecule has 0 aromatic rings. The summed E-state index contributed by atoms with van der Waals surface area (Å²) in [7, 11) is 0. The number of esters is 1.